The number of carbonyl (C=O) groups is 2. The van der Waals surface area contributed by atoms with Crippen LogP contribution in [-0.2, 0) is 16.1 Å². The zero-order chi connectivity index (χ0) is 28.1. The molecule has 0 fully saturated rings. The maximum absolute atomic E-state index is 13.4. The molecule has 0 saturated heterocycles. The van der Waals surface area contributed by atoms with Crippen molar-refractivity contribution < 1.29 is 28.6 Å². The van der Waals surface area contributed by atoms with Crippen LogP contribution < -0.4 is 4.74 Å². The Balaban J connectivity index is 1.64. The average molecular weight is 607 g/mol. The fourth-order valence-corrected chi connectivity index (χ4v) is 5.36. The Morgan fingerprint density at radius 3 is 2.41 bits per heavy atom. The van der Waals surface area contributed by atoms with E-state index in [4.69, 9.17) is 44.3 Å². The second-order valence-corrected chi connectivity index (χ2v) is 10.2. The minimum atomic E-state index is -0.839. The van der Waals surface area contributed by atoms with Crippen molar-refractivity contribution in [3.8, 4) is 5.75 Å². The van der Waals surface area contributed by atoms with Gasteiger partial charge in [-0.15, -0.1) is 0 Å². The Labute approximate surface area is 242 Å². The first-order chi connectivity index (χ1) is 18.7. The number of hydrogen-bond donors (Lipinski definition) is 1. The average Bonchev–Trinajstić information content (AvgIpc) is 3.18. The number of carbonyl (C=O) groups excluding carboxylic acids is 2. The van der Waals surface area contributed by atoms with Crippen molar-refractivity contribution in [2.75, 3.05) is 6.61 Å². The first-order valence-electron chi connectivity index (χ1n) is 11.4. The lowest BCUT2D eigenvalue weighted by Crippen LogP contribution is -2.14. The van der Waals surface area contributed by atoms with Crippen LogP contribution in [0.1, 0.15) is 28.4 Å². The standard InChI is InChI=1S/C28H19Cl3FNO5S/c1-2-37-28(36)23-24(34)22(39-27(23)33-26(35)18-8-3-4-9-19(18)29)13-16-11-20(30)25(21(31)12-16)38-14-15-6-5-7-17(32)10-15/h3-13,34H,2,14H2,1H3/b22-13-,33-27?. The maximum atomic E-state index is 13.4. The van der Waals surface area contributed by atoms with Crippen LogP contribution in [0.3, 0.4) is 0 Å². The number of aliphatic hydroxyl groups excluding tert-OH is 1. The number of esters is 1. The van der Waals surface area contributed by atoms with Crippen molar-refractivity contribution in [3.63, 3.8) is 0 Å². The molecule has 1 aliphatic heterocycles. The van der Waals surface area contributed by atoms with Crippen LogP contribution in [0.4, 0.5) is 4.39 Å². The summed E-state index contributed by atoms with van der Waals surface area (Å²) in [6.45, 7) is 1.70. The van der Waals surface area contributed by atoms with E-state index in [2.05, 4.69) is 4.99 Å². The maximum Gasteiger partial charge on any atom is 0.344 e. The predicted molar refractivity (Wildman–Crippen MR) is 152 cm³/mol. The topological polar surface area (TPSA) is 85.2 Å². The zero-order valence-electron chi connectivity index (χ0n) is 20.2. The van der Waals surface area contributed by atoms with Gasteiger partial charge in [0.25, 0.3) is 5.91 Å². The van der Waals surface area contributed by atoms with Gasteiger partial charge in [0, 0.05) is 0 Å². The highest BCUT2D eigenvalue weighted by atomic mass is 35.5. The van der Waals surface area contributed by atoms with Crippen LogP contribution in [0, 0.1) is 5.82 Å². The van der Waals surface area contributed by atoms with Gasteiger partial charge in [0.2, 0.25) is 0 Å². The molecule has 0 aromatic heterocycles. The predicted octanol–water partition coefficient (Wildman–Crippen LogP) is 8.07. The number of aliphatic hydroxyl groups is 1. The summed E-state index contributed by atoms with van der Waals surface area (Å²) in [7, 11) is 0. The van der Waals surface area contributed by atoms with Gasteiger partial charge in [-0.3, -0.25) is 4.79 Å². The minimum Gasteiger partial charge on any atom is -0.506 e. The SMILES string of the molecule is CCOC(=O)C1=C(O)/C(=C/c2cc(Cl)c(OCc3cccc(F)c3)c(Cl)c2)SC1=NC(=O)c1ccccc1Cl. The van der Waals surface area contributed by atoms with E-state index in [-0.39, 0.29) is 55.1 Å². The number of thioether (sulfide) groups is 1. The lowest BCUT2D eigenvalue weighted by molar-refractivity contribution is -0.138. The van der Waals surface area contributed by atoms with Gasteiger partial charge in [-0.1, -0.05) is 70.8 Å². The molecule has 6 nitrogen and oxygen atoms in total. The highest BCUT2D eigenvalue weighted by Crippen LogP contribution is 2.41. The molecule has 1 aliphatic rings. The summed E-state index contributed by atoms with van der Waals surface area (Å²) < 4.78 is 24.2. The molecular formula is C28H19Cl3FNO5S. The van der Waals surface area contributed by atoms with Crippen LogP contribution in [0.2, 0.25) is 15.1 Å². The van der Waals surface area contributed by atoms with Crippen molar-refractivity contribution in [2.24, 2.45) is 4.99 Å². The number of amides is 1. The highest BCUT2D eigenvalue weighted by molar-refractivity contribution is 8.18. The summed E-state index contributed by atoms with van der Waals surface area (Å²) in [5, 5.41) is 11.4. The van der Waals surface area contributed by atoms with E-state index >= 15 is 0 Å². The number of halogens is 4. The summed E-state index contributed by atoms with van der Waals surface area (Å²) >= 11 is 19.8. The van der Waals surface area contributed by atoms with E-state index in [1.807, 2.05) is 0 Å². The molecule has 0 spiro atoms. The summed E-state index contributed by atoms with van der Waals surface area (Å²) in [5.41, 5.74) is 0.954. The summed E-state index contributed by atoms with van der Waals surface area (Å²) in [4.78, 5) is 29.7. The number of rotatable bonds is 7. The van der Waals surface area contributed by atoms with Gasteiger partial charge in [-0.05, 0) is 60.5 Å². The van der Waals surface area contributed by atoms with E-state index in [9.17, 15) is 19.1 Å². The quantitative estimate of drug-likeness (QED) is 0.274. The molecule has 0 bridgehead atoms. The summed E-state index contributed by atoms with van der Waals surface area (Å²) in [5.74, 6) is -2.14. The highest BCUT2D eigenvalue weighted by Gasteiger charge is 2.34. The Morgan fingerprint density at radius 1 is 1.03 bits per heavy atom. The third kappa shape index (κ3) is 6.83. The van der Waals surface area contributed by atoms with E-state index in [1.165, 1.54) is 24.3 Å². The molecular weight excluding hydrogens is 588 g/mol. The van der Waals surface area contributed by atoms with E-state index in [0.29, 0.717) is 11.1 Å². The molecule has 39 heavy (non-hydrogen) atoms. The fourth-order valence-electron chi connectivity index (χ4n) is 3.51. The van der Waals surface area contributed by atoms with Crippen molar-refractivity contribution in [2.45, 2.75) is 13.5 Å². The van der Waals surface area contributed by atoms with Gasteiger partial charge < -0.3 is 14.6 Å². The third-order valence-electron chi connectivity index (χ3n) is 5.27. The van der Waals surface area contributed by atoms with Crippen LogP contribution in [0.25, 0.3) is 6.08 Å². The van der Waals surface area contributed by atoms with Crippen molar-refractivity contribution in [3.05, 3.63) is 114 Å². The second-order valence-electron chi connectivity index (χ2n) is 7.99. The van der Waals surface area contributed by atoms with E-state index < -0.39 is 23.5 Å². The third-order valence-corrected chi connectivity index (χ3v) is 7.18. The van der Waals surface area contributed by atoms with Crippen molar-refractivity contribution in [1.82, 2.24) is 0 Å². The van der Waals surface area contributed by atoms with Gasteiger partial charge in [-0.25, -0.2) is 14.2 Å². The molecule has 4 rings (SSSR count). The molecule has 1 heterocycles. The fraction of sp³-hybridized carbons (Fsp3) is 0.107. The van der Waals surface area contributed by atoms with Crippen LogP contribution in [-0.4, -0.2) is 28.6 Å². The Hall–Kier alpha value is -3.30. The van der Waals surface area contributed by atoms with Gasteiger partial charge in [0.1, 0.15) is 28.8 Å². The second kappa shape index (κ2) is 12.7. The molecule has 0 radical (unpaired) electrons. The van der Waals surface area contributed by atoms with E-state index in [1.54, 1.807) is 49.4 Å². The van der Waals surface area contributed by atoms with E-state index in [0.717, 1.165) is 11.8 Å². The Kier molecular flexibility index (Phi) is 9.35. The number of hydrogen-bond acceptors (Lipinski definition) is 6. The van der Waals surface area contributed by atoms with Gasteiger partial charge in [-0.2, -0.15) is 0 Å². The summed E-state index contributed by atoms with van der Waals surface area (Å²) in [6.07, 6.45) is 1.52. The van der Waals surface area contributed by atoms with Crippen molar-refractivity contribution >= 4 is 69.6 Å². The number of benzene rings is 3. The van der Waals surface area contributed by atoms with Crippen molar-refractivity contribution in [1.29, 1.82) is 0 Å². The molecule has 1 amide bonds. The minimum absolute atomic E-state index is 0.0409. The molecule has 3 aromatic rings. The smallest absolute Gasteiger partial charge is 0.344 e. The Bertz CT molecular complexity index is 1530. The van der Waals surface area contributed by atoms with Gasteiger partial charge in [0.05, 0.1) is 32.1 Å². The molecule has 200 valence electrons. The molecule has 3 aromatic carbocycles. The zero-order valence-corrected chi connectivity index (χ0v) is 23.3. The monoisotopic (exact) mass is 605 g/mol. The van der Waals surface area contributed by atoms with Crippen LogP contribution in [0.15, 0.2) is 81.9 Å². The van der Waals surface area contributed by atoms with Crippen LogP contribution >= 0.6 is 46.6 Å². The molecule has 0 aliphatic carbocycles. The normalized spacial score (nSPS) is 15.2. The number of ether oxygens (including phenoxy) is 2. The molecule has 11 heteroatoms. The number of nitrogens with zero attached hydrogens (tertiary/aromatic N) is 1. The first-order valence-corrected chi connectivity index (χ1v) is 13.4. The Morgan fingerprint density at radius 2 is 1.74 bits per heavy atom. The molecule has 1 N–H and O–H groups in total. The molecule has 0 saturated carbocycles. The first kappa shape index (κ1) is 28.7. The lowest BCUT2D eigenvalue weighted by atomic mass is 10.1. The van der Waals surface area contributed by atoms with Gasteiger partial charge in [0.15, 0.2) is 5.75 Å². The lowest BCUT2D eigenvalue weighted by Gasteiger charge is -2.11. The van der Waals surface area contributed by atoms with Gasteiger partial charge >= 0.3 is 5.97 Å². The number of aliphatic imine (C=N–C) groups is 1. The largest absolute Gasteiger partial charge is 0.506 e. The van der Waals surface area contributed by atoms with Crippen LogP contribution in [0.5, 0.6) is 5.75 Å². The molecule has 0 atom stereocenters. The summed E-state index contributed by atoms with van der Waals surface area (Å²) in [6, 6.07) is 15.4. The molecule has 0 unspecified atom stereocenters.